The molecule has 0 aliphatic rings. The minimum atomic E-state index is -0.682. The van der Waals surface area contributed by atoms with Gasteiger partial charge in [0, 0.05) is 12.6 Å². The number of anilines is 1. The van der Waals surface area contributed by atoms with Crippen LogP contribution in [0, 0.1) is 5.82 Å². The first kappa shape index (κ1) is 14.1. The lowest BCUT2D eigenvalue weighted by atomic mass is 10.2. The monoisotopic (exact) mass is 294 g/mol. The van der Waals surface area contributed by atoms with E-state index in [4.69, 9.17) is 22.1 Å². The van der Waals surface area contributed by atoms with E-state index in [1.165, 1.54) is 31.3 Å². The number of amides is 1. The van der Waals surface area contributed by atoms with Gasteiger partial charge in [-0.2, -0.15) is 0 Å². The van der Waals surface area contributed by atoms with E-state index in [0.717, 1.165) is 0 Å². The van der Waals surface area contributed by atoms with E-state index in [1.807, 2.05) is 0 Å². The lowest BCUT2D eigenvalue weighted by Gasteiger charge is -2.11. The summed E-state index contributed by atoms with van der Waals surface area (Å²) >= 11 is 5.67. The Morgan fingerprint density at radius 3 is 2.75 bits per heavy atom. The SMILES string of the molecule is CNC(=O)c1ccc(N)c(Oc2cccc(Cl)c2F)c1. The Labute approximate surface area is 120 Å². The van der Waals surface area contributed by atoms with E-state index < -0.39 is 5.82 Å². The molecule has 0 aromatic heterocycles. The van der Waals surface area contributed by atoms with Crippen LogP contribution >= 0.6 is 11.6 Å². The van der Waals surface area contributed by atoms with Crippen LogP contribution in [0.15, 0.2) is 36.4 Å². The van der Waals surface area contributed by atoms with Gasteiger partial charge in [0.15, 0.2) is 17.3 Å². The standard InChI is InChI=1S/C14H12ClFN2O2/c1-18-14(19)8-5-6-10(17)12(7-8)20-11-4-2-3-9(15)13(11)16/h2-7H,17H2,1H3,(H,18,19). The molecular formula is C14H12ClFN2O2. The summed E-state index contributed by atoms with van der Waals surface area (Å²) in [5, 5.41) is 2.43. The Kier molecular flexibility index (Phi) is 4.10. The Balaban J connectivity index is 2.38. The summed E-state index contributed by atoms with van der Waals surface area (Å²) in [7, 11) is 1.51. The van der Waals surface area contributed by atoms with Crippen LogP contribution in [0.1, 0.15) is 10.4 Å². The summed E-state index contributed by atoms with van der Waals surface area (Å²) in [5.41, 5.74) is 6.40. The third kappa shape index (κ3) is 2.83. The molecule has 0 aliphatic carbocycles. The van der Waals surface area contributed by atoms with Gasteiger partial charge >= 0.3 is 0 Å². The minimum Gasteiger partial charge on any atom is -0.452 e. The first-order chi connectivity index (χ1) is 9.52. The van der Waals surface area contributed by atoms with Gasteiger partial charge in [0.2, 0.25) is 0 Å². The second kappa shape index (κ2) is 5.79. The molecule has 20 heavy (non-hydrogen) atoms. The molecule has 4 nitrogen and oxygen atoms in total. The summed E-state index contributed by atoms with van der Waals surface area (Å²) in [5.74, 6) is -0.842. The van der Waals surface area contributed by atoms with E-state index in [-0.39, 0.29) is 28.1 Å². The number of hydrogen-bond acceptors (Lipinski definition) is 3. The Bertz CT molecular complexity index is 662. The van der Waals surface area contributed by atoms with Gasteiger partial charge in [-0.3, -0.25) is 4.79 Å². The van der Waals surface area contributed by atoms with Crippen LogP contribution in [-0.2, 0) is 0 Å². The zero-order valence-corrected chi connectivity index (χ0v) is 11.4. The fraction of sp³-hybridized carbons (Fsp3) is 0.0714. The molecular weight excluding hydrogens is 283 g/mol. The number of carbonyl (C=O) groups excluding carboxylic acids is 1. The number of halogens is 2. The molecule has 3 N–H and O–H groups in total. The molecule has 0 unspecified atom stereocenters. The largest absolute Gasteiger partial charge is 0.452 e. The van der Waals surface area contributed by atoms with Crippen LogP contribution in [0.5, 0.6) is 11.5 Å². The third-order valence-corrected chi connectivity index (χ3v) is 2.93. The summed E-state index contributed by atoms with van der Waals surface area (Å²) in [4.78, 5) is 11.5. The molecule has 0 radical (unpaired) electrons. The van der Waals surface area contributed by atoms with Crippen LogP contribution in [-0.4, -0.2) is 13.0 Å². The molecule has 1 amide bonds. The van der Waals surface area contributed by atoms with Crippen LogP contribution in [0.25, 0.3) is 0 Å². The number of rotatable bonds is 3. The second-order valence-electron chi connectivity index (χ2n) is 3.99. The highest BCUT2D eigenvalue weighted by atomic mass is 35.5. The van der Waals surface area contributed by atoms with Crippen molar-refractivity contribution in [1.82, 2.24) is 5.32 Å². The lowest BCUT2D eigenvalue weighted by molar-refractivity contribution is 0.0963. The van der Waals surface area contributed by atoms with Crippen LogP contribution in [0.4, 0.5) is 10.1 Å². The molecule has 0 spiro atoms. The van der Waals surface area contributed by atoms with E-state index in [1.54, 1.807) is 12.1 Å². The molecule has 2 aromatic carbocycles. The van der Waals surface area contributed by atoms with Gasteiger partial charge in [-0.05, 0) is 30.3 Å². The van der Waals surface area contributed by atoms with Gasteiger partial charge in [-0.1, -0.05) is 17.7 Å². The number of nitrogens with two attached hydrogens (primary N) is 1. The van der Waals surface area contributed by atoms with Crippen molar-refractivity contribution < 1.29 is 13.9 Å². The summed E-state index contributed by atoms with van der Waals surface area (Å²) in [6.07, 6.45) is 0. The number of ether oxygens (including phenoxy) is 1. The predicted molar refractivity (Wildman–Crippen MR) is 75.7 cm³/mol. The third-order valence-electron chi connectivity index (χ3n) is 2.64. The molecule has 6 heteroatoms. The first-order valence-electron chi connectivity index (χ1n) is 5.76. The highest BCUT2D eigenvalue weighted by molar-refractivity contribution is 6.30. The molecule has 0 bridgehead atoms. The maximum Gasteiger partial charge on any atom is 0.251 e. The maximum absolute atomic E-state index is 13.8. The van der Waals surface area contributed by atoms with Gasteiger partial charge in [0.1, 0.15) is 0 Å². The summed E-state index contributed by atoms with van der Waals surface area (Å²) in [6.45, 7) is 0. The highest BCUT2D eigenvalue weighted by Crippen LogP contribution is 2.32. The van der Waals surface area contributed by atoms with E-state index in [0.29, 0.717) is 5.56 Å². The average molecular weight is 295 g/mol. The van der Waals surface area contributed by atoms with Crippen molar-refractivity contribution in [3.05, 3.63) is 52.8 Å². The highest BCUT2D eigenvalue weighted by Gasteiger charge is 2.12. The predicted octanol–water partition coefficient (Wildman–Crippen LogP) is 3.21. The zero-order valence-electron chi connectivity index (χ0n) is 10.6. The Morgan fingerprint density at radius 1 is 1.30 bits per heavy atom. The summed E-state index contributed by atoms with van der Waals surface area (Å²) in [6, 6.07) is 8.90. The Hall–Kier alpha value is -2.27. The molecule has 2 rings (SSSR count). The smallest absolute Gasteiger partial charge is 0.251 e. The average Bonchev–Trinajstić information content (AvgIpc) is 2.45. The van der Waals surface area contributed by atoms with E-state index in [9.17, 15) is 9.18 Å². The van der Waals surface area contributed by atoms with Gasteiger partial charge in [-0.25, -0.2) is 4.39 Å². The number of carbonyl (C=O) groups is 1. The van der Waals surface area contributed by atoms with Crippen molar-refractivity contribution in [3.63, 3.8) is 0 Å². The minimum absolute atomic E-state index is 0.0523. The van der Waals surface area contributed by atoms with Crippen molar-refractivity contribution in [2.75, 3.05) is 12.8 Å². The lowest BCUT2D eigenvalue weighted by Crippen LogP contribution is -2.17. The Morgan fingerprint density at radius 2 is 2.05 bits per heavy atom. The molecule has 0 saturated heterocycles. The first-order valence-corrected chi connectivity index (χ1v) is 6.14. The van der Waals surface area contributed by atoms with Crippen LogP contribution in [0.2, 0.25) is 5.02 Å². The fourth-order valence-electron chi connectivity index (χ4n) is 1.59. The second-order valence-corrected chi connectivity index (χ2v) is 4.39. The number of hydrogen-bond donors (Lipinski definition) is 2. The zero-order chi connectivity index (χ0) is 14.7. The molecule has 0 heterocycles. The molecule has 2 aromatic rings. The molecule has 104 valence electrons. The number of nitrogens with one attached hydrogen (secondary N) is 1. The fourth-order valence-corrected chi connectivity index (χ4v) is 1.76. The van der Waals surface area contributed by atoms with Crippen molar-refractivity contribution in [1.29, 1.82) is 0 Å². The van der Waals surface area contributed by atoms with Gasteiger partial charge in [0.05, 0.1) is 10.7 Å². The van der Waals surface area contributed by atoms with Crippen LogP contribution < -0.4 is 15.8 Å². The molecule has 0 fully saturated rings. The van der Waals surface area contributed by atoms with Crippen molar-refractivity contribution in [2.45, 2.75) is 0 Å². The normalized spacial score (nSPS) is 10.2. The molecule has 0 aliphatic heterocycles. The maximum atomic E-state index is 13.8. The van der Waals surface area contributed by atoms with Crippen LogP contribution in [0.3, 0.4) is 0 Å². The van der Waals surface area contributed by atoms with Crippen molar-refractivity contribution >= 4 is 23.2 Å². The van der Waals surface area contributed by atoms with E-state index in [2.05, 4.69) is 5.32 Å². The van der Waals surface area contributed by atoms with Gasteiger partial charge in [0.25, 0.3) is 5.91 Å². The van der Waals surface area contributed by atoms with Crippen molar-refractivity contribution in [2.24, 2.45) is 0 Å². The molecule has 0 atom stereocenters. The quantitative estimate of drug-likeness (QED) is 0.854. The number of nitrogen functional groups attached to an aromatic ring is 1. The van der Waals surface area contributed by atoms with Crippen molar-refractivity contribution in [3.8, 4) is 11.5 Å². The topological polar surface area (TPSA) is 64.4 Å². The summed E-state index contributed by atoms with van der Waals surface area (Å²) < 4.78 is 19.2. The van der Waals surface area contributed by atoms with Gasteiger partial charge < -0.3 is 15.8 Å². The van der Waals surface area contributed by atoms with Gasteiger partial charge in [-0.15, -0.1) is 0 Å². The number of benzene rings is 2. The van der Waals surface area contributed by atoms with E-state index >= 15 is 0 Å². The molecule has 0 saturated carbocycles.